The van der Waals surface area contributed by atoms with Crippen LogP contribution in [0.1, 0.15) is 42.4 Å². The van der Waals surface area contributed by atoms with Crippen molar-refractivity contribution in [2.45, 2.75) is 38.1 Å². The summed E-state index contributed by atoms with van der Waals surface area (Å²) in [6, 6.07) is 41.5. The Bertz CT molecular complexity index is 2500. The SMILES string of the molecule is CC1Cc2cc(-c3ccccc3-c3cccc(-c4ccccc4C4C=c5ccc6cccnc6c5=NC4C)c3)cnc2-c2ncccc21. The zero-order chi connectivity index (χ0) is 32.2. The fourth-order valence-corrected chi connectivity index (χ4v) is 7.75. The molecule has 3 atom stereocenters. The van der Waals surface area contributed by atoms with Crippen molar-refractivity contribution < 1.29 is 0 Å². The highest BCUT2D eigenvalue weighted by molar-refractivity contribution is 5.87. The van der Waals surface area contributed by atoms with Crippen molar-refractivity contribution in [3.8, 4) is 44.8 Å². The second kappa shape index (κ2) is 11.5. The molecule has 7 aromatic rings. The van der Waals surface area contributed by atoms with Crippen LogP contribution in [0.3, 0.4) is 0 Å². The van der Waals surface area contributed by atoms with Crippen molar-refractivity contribution >= 4 is 17.0 Å². The zero-order valence-electron chi connectivity index (χ0n) is 27.0. The highest BCUT2D eigenvalue weighted by Crippen LogP contribution is 2.41. The predicted molar refractivity (Wildman–Crippen MR) is 195 cm³/mol. The van der Waals surface area contributed by atoms with Gasteiger partial charge in [0, 0.05) is 35.5 Å². The summed E-state index contributed by atoms with van der Waals surface area (Å²) < 4.78 is 0. The van der Waals surface area contributed by atoms with Crippen LogP contribution < -0.4 is 10.6 Å². The van der Waals surface area contributed by atoms with Crippen LogP contribution in [0.4, 0.5) is 0 Å². The van der Waals surface area contributed by atoms with Crippen LogP contribution in [0.2, 0.25) is 0 Å². The van der Waals surface area contributed by atoms with Crippen molar-refractivity contribution in [1.82, 2.24) is 15.0 Å². The van der Waals surface area contributed by atoms with Gasteiger partial charge in [-0.05, 0) is 93.3 Å². The monoisotopic (exact) mass is 618 g/mol. The van der Waals surface area contributed by atoms with Gasteiger partial charge in [0.2, 0.25) is 0 Å². The molecule has 0 N–H and O–H groups in total. The average molecular weight is 619 g/mol. The van der Waals surface area contributed by atoms with E-state index in [0.717, 1.165) is 44.9 Å². The Kier molecular flexibility index (Phi) is 6.82. The molecular formula is C44H34N4. The van der Waals surface area contributed by atoms with Crippen molar-refractivity contribution in [2.24, 2.45) is 4.99 Å². The molecule has 4 aromatic carbocycles. The Morgan fingerprint density at radius 1 is 0.583 bits per heavy atom. The molecule has 1 aliphatic heterocycles. The molecular weight excluding hydrogens is 585 g/mol. The molecule has 0 saturated heterocycles. The first-order valence-electron chi connectivity index (χ1n) is 16.8. The summed E-state index contributed by atoms with van der Waals surface area (Å²) in [5, 5.41) is 3.27. The van der Waals surface area contributed by atoms with Gasteiger partial charge in [-0.2, -0.15) is 0 Å². The molecule has 4 heterocycles. The summed E-state index contributed by atoms with van der Waals surface area (Å²) in [7, 11) is 0. The van der Waals surface area contributed by atoms with Gasteiger partial charge in [-0.15, -0.1) is 0 Å². The van der Waals surface area contributed by atoms with Crippen LogP contribution in [0.15, 0.2) is 139 Å². The third kappa shape index (κ3) is 4.75. The Balaban J connectivity index is 1.11. The number of nitrogens with zero attached hydrogens (tertiary/aromatic N) is 4. The number of fused-ring (bicyclic) bond motifs is 6. The van der Waals surface area contributed by atoms with E-state index in [-0.39, 0.29) is 12.0 Å². The minimum absolute atomic E-state index is 0.0801. The third-order valence-electron chi connectivity index (χ3n) is 10.1. The Morgan fingerprint density at radius 2 is 1.31 bits per heavy atom. The molecule has 0 bridgehead atoms. The second-order valence-corrected chi connectivity index (χ2v) is 13.1. The summed E-state index contributed by atoms with van der Waals surface area (Å²) in [4.78, 5) is 19.6. The van der Waals surface area contributed by atoms with Gasteiger partial charge in [0.15, 0.2) is 0 Å². The molecule has 2 aliphatic rings. The van der Waals surface area contributed by atoms with Gasteiger partial charge in [-0.3, -0.25) is 19.9 Å². The van der Waals surface area contributed by atoms with Crippen LogP contribution in [-0.2, 0) is 6.42 Å². The number of pyridine rings is 3. The molecule has 0 spiro atoms. The molecule has 9 rings (SSSR count). The fourth-order valence-electron chi connectivity index (χ4n) is 7.75. The highest BCUT2D eigenvalue weighted by Gasteiger charge is 2.25. The molecule has 0 fully saturated rings. The van der Waals surface area contributed by atoms with Gasteiger partial charge in [-0.25, -0.2) is 0 Å². The van der Waals surface area contributed by atoms with Crippen LogP contribution in [0.5, 0.6) is 0 Å². The topological polar surface area (TPSA) is 51.0 Å². The third-order valence-corrected chi connectivity index (χ3v) is 10.1. The van der Waals surface area contributed by atoms with E-state index in [0.29, 0.717) is 5.92 Å². The molecule has 0 radical (unpaired) electrons. The Morgan fingerprint density at radius 3 is 2.19 bits per heavy atom. The molecule has 3 unspecified atom stereocenters. The maximum atomic E-state index is 5.22. The molecule has 4 nitrogen and oxygen atoms in total. The first kappa shape index (κ1) is 28.5. The van der Waals surface area contributed by atoms with Gasteiger partial charge < -0.3 is 0 Å². The number of hydrogen-bond donors (Lipinski definition) is 0. The summed E-state index contributed by atoms with van der Waals surface area (Å²) in [5.41, 5.74) is 14.0. The first-order chi connectivity index (χ1) is 23.6. The van der Waals surface area contributed by atoms with Crippen LogP contribution in [-0.4, -0.2) is 21.0 Å². The summed E-state index contributed by atoms with van der Waals surface area (Å²) in [6.07, 6.45) is 9.09. The van der Waals surface area contributed by atoms with Crippen LogP contribution in [0, 0.1) is 0 Å². The quantitative estimate of drug-likeness (QED) is 0.198. The lowest BCUT2D eigenvalue weighted by atomic mass is 9.83. The van der Waals surface area contributed by atoms with Crippen molar-refractivity contribution in [1.29, 1.82) is 0 Å². The second-order valence-electron chi connectivity index (χ2n) is 13.1. The van der Waals surface area contributed by atoms with E-state index >= 15 is 0 Å². The molecule has 1 aliphatic carbocycles. The minimum Gasteiger partial charge on any atom is -0.278 e. The van der Waals surface area contributed by atoms with Gasteiger partial charge in [0.25, 0.3) is 0 Å². The molecule has 48 heavy (non-hydrogen) atoms. The standard InChI is InChI=1S/C44H34N4/c1-27-22-33-24-34(26-47-42(33)44-35(27)17-9-21-46-44)38-15-4-3-13-36(38)30-10-7-11-31(23-30)37-14-5-6-16-39(37)40-25-32-19-18-29-12-8-20-45-41(29)43(32)48-28(40)2/h3-21,23-28,40H,22H2,1-2H3. The molecule has 4 heteroatoms. The number of benzene rings is 4. The van der Waals surface area contributed by atoms with Gasteiger partial charge in [-0.1, -0.05) is 104 Å². The molecule has 0 saturated carbocycles. The van der Waals surface area contributed by atoms with Crippen molar-refractivity contribution in [2.75, 3.05) is 0 Å². The summed E-state index contributed by atoms with van der Waals surface area (Å²) in [5.74, 6) is 0.557. The summed E-state index contributed by atoms with van der Waals surface area (Å²) >= 11 is 0. The minimum atomic E-state index is 0.0801. The number of hydrogen-bond acceptors (Lipinski definition) is 4. The van der Waals surface area contributed by atoms with Gasteiger partial charge >= 0.3 is 0 Å². The van der Waals surface area contributed by atoms with Crippen molar-refractivity contribution in [3.63, 3.8) is 0 Å². The Labute approximate surface area is 280 Å². The Hall–Kier alpha value is -5.74. The lowest BCUT2D eigenvalue weighted by Gasteiger charge is -2.24. The summed E-state index contributed by atoms with van der Waals surface area (Å²) in [6.45, 7) is 4.50. The molecule has 0 amide bonds. The molecule has 3 aromatic heterocycles. The normalized spacial score (nSPS) is 17.8. The van der Waals surface area contributed by atoms with E-state index in [9.17, 15) is 0 Å². The van der Waals surface area contributed by atoms with E-state index in [1.54, 1.807) is 0 Å². The lowest BCUT2D eigenvalue weighted by molar-refractivity contribution is 0.659. The largest absolute Gasteiger partial charge is 0.278 e. The van der Waals surface area contributed by atoms with Gasteiger partial charge in [0.1, 0.15) is 0 Å². The number of aromatic nitrogens is 3. The lowest BCUT2D eigenvalue weighted by Crippen LogP contribution is -2.35. The maximum absolute atomic E-state index is 5.22. The maximum Gasteiger partial charge on any atom is 0.0960 e. The first-order valence-corrected chi connectivity index (χ1v) is 16.8. The molecule has 230 valence electrons. The van der Waals surface area contributed by atoms with Crippen LogP contribution >= 0.6 is 0 Å². The predicted octanol–water partition coefficient (Wildman–Crippen LogP) is 8.94. The van der Waals surface area contributed by atoms with E-state index < -0.39 is 0 Å². The zero-order valence-corrected chi connectivity index (χ0v) is 27.0. The smallest absolute Gasteiger partial charge is 0.0960 e. The highest BCUT2D eigenvalue weighted by atomic mass is 14.8. The van der Waals surface area contributed by atoms with E-state index in [1.165, 1.54) is 44.5 Å². The number of rotatable bonds is 4. The van der Waals surface area contributed by atoms with Crippen molar-refractivity contribution in [3.05, 3.63) is 161 Å². The average Bonchev–Trinajstić information content (AvgIpc) is 3.14. The van der Waals surface area contributed by atoms with E-state index in [2.05, 4.69) is 128 Å². The fraction of sp³-hybridized carbons (Fsp3) is 0.136. The van der Waals surface area contributed by atoms with Crippen LogP contribution in [0.25, 0.3) is 61.7 Å². The van der Waals surface area contributed by atoms with E-state index in [4.69, 9.17) is 15.0 Å². The van der Waals surface area contributed by atoms with Gasteiger partial charge in [0.05, 0.1) is 28.3 Å². The van der Waals surface area contributed by atoms with E-state index in [1.807, 2.05) is 30.7 Å².